The maximum Gasteiger partial charge on any atom is 0.255 e. The Morgan fingerprint density at radius 2 is 1.40 bits per heavy atom. The zero-order valence-electron chi connectivity index (χ0n) is 18.2. The molecule has 0 saturated heterocycles. The Bertz CT molecular complexity index is 1010. The molecule has 0 radical (unpaired) electrons. The lowest BCUT2D eigenvalue weighted by atomic mass is 9.79. The summed E-state index contributed by atoms with van der Waals surface area (Å²) < 4.78 is 0. The van der Waals surface area contributed by atoms with Gasteiger partial charge in [-0.2, -0.15) is 0 Å². The van der Waals surface area contributed by atoms with Crippen molar-refractivity contribution in [1.82, 2.24) is 0 Å². The second-order valence-electron chi connectivity index (χ2n) is 8.91. The summed E-state index contributed by atoms with van der Waals surface area (Å²) in [6, 6.07) is 22.8. The molecule has 0 unspecified atom stereocenters. The van der Waals surface area contributed by atoms with Crippen molar-refractivity contribution in [2.45, 2.75) is 52.4 Å². The number of hydrogen-bond acceptors (Lipinski definition) is 1. The maximum absolute atomic E-state index is 12.7. The van der Waals surface area contributed by atoms with E-state index in [1.165, 1.54) is 47.9 Å². The second kappa shape index (κ2) is 8.87. The minimum absolute atomic E-state index is 0.0576. The van der Waals surface area contributed by atoms with Crippen molar-refractivity contribution < 1.29 is 4.79 Å². The van der Waals surface area contributed by atoms with Crippen LogP contribution in [0.5, 0.6) is 0 Å². The average Bonchev–Trinajstić information content (AvgIpc) is 2.77. The third-order valence-corrected chi connectivity index (χ3v) is 6.64. The fourth-order valence-corrected chi connectivity index (χ4v) is 4.37. The van der Waals surface area contributed by atoms with Gasteiger partial charge in [-0.15, -0.1) is 0 Å². The van der Waals surface area contributed by atoms with Gasteiger partial charge in [0.05, 0.1) is 0 Å². The zero-order chi connectivity index (χ0) is 21.1. The molecule has 1 fully saturated rings. The van der Waals surface area contributed by atoms with Crippen molar-refractivity contribution in [2.75, 3.05) is 5.32 Å². The van der Waals surface area contributed by atoms with Gasteiger partial charge in [0.25, 0.3) is 5.91 Å². The van der Waals surface area contributed by atoms with E-state index in [2.05, 4.69) is 68.6 Å². The van der Waals surface area contributed by atoms with Crippen molar-refractivity contribution in [2.24, 2.45) is 5.92 Å². The van der Waals surface area contributed by atoms with E-state index in [9.17, 15) is 4.79 Å². The monoisotopic (exact) mass is 397 g/mol. The summed E-state index contributed by atoms with van der Waals surface area (Å²) in [5.41, 5.74) is 7.84. The fraction of sp³-hybridized carbons (Fsp3) is 0.321. The first-order chi connectivity index (χ1) is 14.5. The summed E-state index contributed by atoms with van der Waals surface area (Å²) in [7, 11) is 0. The lowest BCUT2D eigenvalue weighted by Crippen LogP contribution is -2.13. The van der Waals surface area contributed by atoms with Crippen LogP contribution in [-0.2, 0) is 0 Å². The predicted octanol–water partition coefficient (Wildman–Crippen LogP) is 7.52. The highest BCUT2D eigenvalue weighted by Crippen LogP contribution is 2.35. The molecule has 0 aromatic heterocycles. The van der Waals surface area contributed by atoms with Crippen LogP contribution in [0.25, 0.3) is 11.1 Å². The molecule has 1 aliphatic carbocycles. The Balaban J connectivity index is 1.40. The normalized spacial score (nSPS) is 18.8. The summed E-state index contributed by atoms with van der Waals surface area (Å²) in [6.45, 7) is 6.60. The molecule has 0 spiro atoms. The Morgan fingerprint density at radius 1 is 0.767 bits per heavy atom. The van der Waals surface area contributed by atoms with Crippen molar-refractivity contribution in [3.63, 3.8) is 0 Å². The first-order valence-electron chi connectivity index (χ1n) is 11.1. The van der Waals surface area contributed by atoms with Gasteiger partial charge in [-0.3, -0.25) is 4.79 Å². The summed E-state index contributed by atoms with van der Waals surface area (Å²) >= 11 is 0. The van der Waals surface area contributed by atoms with Crippen LogP contribution in [0.4, 0.5) is 5.69 Å². The zero-order valence-corrected chi connectivity index (χ0v) is 18.2. The van der Waals surface area contributed by atoms with Gasteiger partial charge in [0.1, 0.15) is 0 Å². The standard InChI is InChI=1S/C28H31NO/c1-19-4-7-22(8-5-19)23-10-12-25(13-11-23)28(30)29-27-16-14-24(15-17-27)26-9-6-20(2)21(3)18-26/h6,9-19,22H,4-5,7-8H2,1-3H3,(H,29,30). The number of carbonyl (C=O) groups excluding carboxylic acids is 1. The molecule has 2 heteroatoms. The lowest BCUT2D eigenvalue weighted by molar-refractivity contribution is 0.102. The molecule has 0 aliphatic heterocycles. The van der Waals surface area contributed by atoms with Gasteiger partial charge >= 0.3 is 0 Å². The molecule has 30 heavy (non-hydrogen) atoms. The van der Waals surface area contributed by atoms with E-state index in [-0.39, 0.29) is 5.91 Å². The summed E-state index contributed by atoms with van der Waals surface area (Å²) in [5, 5.41) is 3.02. The van der Waals surface area contributed by atoms with Crippen LogP contribution in [0, 0.1) is 19.8 Å². The molecule has 0 bridgehead atoms. The SMILES string of the molecule is Cc1ccc(-c2ccc(NC(=O)c3ccc(C4CCC(C)CC4)cc3)cc2)cc1C. The Morgan fingerprint density at radius 3 is 2.03 bits per heavy atom. The summed E-state index contributed by atoms with van der Waals surface area (Å²) in [4.78, 5) is 12.7. The van der Waals surface area contributed by atoms with E-state index < -0.39 is 0 Å². The van der Waals surface area contributed by atoms with Crippen LogP contribution < -0.4 is 5.32 Å². The van der Waals surface area contributed by atoms with Gasteiger partial charge in [-0.1, -0.05) is 62.2 Å². The van der Waals surface area contributed by atoms with E-state index >= 15 is 0 Å². The minimum Gasteiger partial charge on any atom is -0.322 e. The molecule has 3 aromatic carbocycles. The average molecular weight is 398 g/mol. The third-order valence-electron chi connectivity index (χ3n) is 6.64. The van der Waals surface area contributed by atoms with E-state index in [4.69, 9.17) is 0 Å². The van der Waals surface area contributed by atoms with E-state index in [1.807, 2.05) is 24.3 Å². The molecule has 1 saturated carbocycles. The summed E-state index contributed by atoms with van der Waals surface area (Å²) in [6.07, 6.45) is 5.15. The van der Waals surface area contributed by atoms with Gasteiger partial charge in [0.15, 0.2) is 0 Å². The fourth-order valence-electron chi connectivity index (χ4n) is 4.37. The highest BCUT2D eigenvalue weighted by molar-refractivity contribution is 6.04. The maximum atomic E-state index is 12.7. The molecule has 1 aliphatic rings. The number of hydrogen-bond donors (Lipinski definition) is 1. The van der Waals surface area contributed by atoms with Crippen LogP contribution in [-0.4, -0.2) is 5.91 Å². The number of aryl methyl sites for hydroxylation is 2. The predicted molar refractivity (Wildman–Crippen MR) is 126 cm³/mol. The highest BCUT2D eigenvalue weighted by Gasteiger charge is 2.19. The van der Waals surface area contributed by atoms with Crippen LogP contribution in [0.2, 0.25) is 0 Å². The topological polar surface area (TPSA) is 29.1 Å². The molecular weight excluding hydrogens is 366 g/mol. The number of rotatable bonds is 4. The molecule has 0 atom stereocenters. The Kier molecular flexibility index (Phi) is 6.03. The molecule has 0 heterocycles. The Hall–Kier alpha value is -2.87. The molecule has 154 valence electrons. The van der Waals surface area contributed by atoms with Crippen LogP contribution in [0.1, 0.15) is 65.6 Å². The van der Waals surface area contributed by atoms with Gasteiger partial charge < -0.3 is 5.32 Å². The molecular formula is C28H31NO. The van der Waals surface area contributed by atoms with Crippen molar-refractivity contribution in [1.29, 1.82) is 0 Å². The lowest BCUT2D eigenvalue weighted by Gasteiger charge is -2.26. The number of carbonyl (C=O) groups is 1. The first-order valence-corrected chi connectivity index (χ1v) is 11.1. The molecule has 3 aromatic rings. The molecule has 1 amide bonds. The number of nitrogens with one attached hydrogen (secondary N) is 1. The van der Waals surface area contributed by atoms with Crippen molar-refractivity contribution in [3.8, 4) is 11.1 Å². The second-order valence-corrected chi connectivity index (χ2v) is 8.91. The number of benzene rings is 3. The molecule has 2 nitrogen and oxygen atoms in total. The van der Waals surface area contributed by atoms with Gasteiger partial charge in [0.2, 0.25) is 0 Å². The number of amides is 1. The Labute approximate surface area is 180 Å². The van der Waals surface area contributed by atoms with E-state index in [0.717, 1.165) is 17.2 Å². The third kappa shape index (κ3) is 4.64. The smallest absolute Gasteiger partial charge is 0.255 e. The van der Waals surface area contributed by atoms with Gasteiger partial charge in [-0.25, -0.2) is 0 Å². The van der Waals surface area contributed by atoms with E-state index in [0.29, 0.717) is 11.5 Å². The number of anilines is 1. The highest BCUT2D eigenvalue weighted by atomic mass is 16.1. The van der Waals surface area contributed by atoms with Crippen molar-refractivity contribution >= 4 is 11.6 Å². The first kappa shape index (κ1) is 20.4. The largest absolute Gasteiger partial charge is 0.322 e. The van der Waals surface area contributed by atoms with Crippen LogP contribution in [0.3, 0.4) is 0 Å². The quantitative estimate of drug-likeness (QED) is 0.485. The van der Waals surface area contributed by atoms with Gasteiger partial charge in [0, 0.05) is 11.3 Å². The van der Waals surface area contributed by atoms with Crippen molar-refractivity contribution in [3.05, 3.63) is 89.0 Å². The molecule has 1 N–H and O–H groups in total. The van der Waals surface area contributed by atoms with Crippen LogP contribution >= 0.6 is 0 Å². The molecule has 4 rings (SSSR count). The van der Waals surface area contributed by atoms with Crippen LogP contribution in [0.15, 0.2) is 66.7 Å². The summed E-state index contributed by atoms with van der Waals surface area (Å²) in [5.74, 6) is 1.45. The minimum atomic E-state index is -0.0576. The van der Waals surface area contributed by atoms with E-state index in [1.54, 1.807) is 0 Å². The van der Waals surface area contributed by atoms with Gasteiger partial charge in [-0.05, 0) is 90.6 Å².